The van der Waals surface area contributed by atoms with Gasteiger partial charge in [-0.2, -0.15) is 0 Å². The summed E-state index contributed by atoms with van der Waals surface area (Å²) in [6.45, 7) is 4.72. The molecule has 156 valence electrons. The van der Waals surface area contributed by atoms with Gasteiger partial charge in [0.2, 0.25) is 11.7 Å². The molecule has 1 N–H and O–H groups in total. The van der Waals surface area contributed by atoms with Gasteiger partial charge in [0.15, 0.2) is 12.4 Å². The average Bonchev–Trinajstić information content (AvgIpc) is 3.27. The molecule has 0 saturated carbocycles. The number of aromatic nitrogens is 2. The highest BCUT2D eigenvalue weighted by molar-refractivity contribution is 5.99. The van der Waals surface area contributed by atoms with Crippen molar-refractivity contribution < 1.29 is 23.6 Å². The first kappa shape index (κ1) is 21.0. The van der Waals surface area contributed by atoms with Gasteiger partial charge >= 0.3 is 5.97 Å². The first-order chi connectivity index (χ1) is 14.3. The molecule has 2 aromatic heterocycles. The largest absolute Gasteiger partial charge is 0.456 e. The van der Waals surface area contributed by atoms with Crippen molar-refractivity contribution in [3.8, 4) is 5.82 Å². The fourth-order valence-corrected chi connectivity index (χ4v) is 3.15. The van der Waals surface area contributed by atoms with Crippen LogP contribution in [0.2, 0.25) is 0 Å². The molecule has 8 nitrogen and oxygen atoms in total. The van der Waals surface area contributed by atoms with Crippen LogP contribution < -0.4 is 5.32 Å². The Labute approximate surface area is 173 Å². The molecule has 1 aromatic carbocycles. The van der Waals surface area contributed by atoms with Gasteiger partial charge in [-0.3, -0.25) is 19.0 Å². The first-order valence-corrected chi connectivity index (χ1v) is 9.47. The number of hydrogen-bond donors (Lipinski definition) is 1. The predicted molar refractivity (Wildman–Crippen MR) is 108 cm³/mol. The van der Waals surface area contributed by atoms with E-state index in [9.17, 15) is 14.4 Å². The van der Waals surface area contributed by atoms with Gasteiger partial charge in [0.05, 0.1) is 6.42 Å². The number of amides is 1. The van der Waals surface area contributed by atoms with Crippen LogP contribution in [0.25, 0.3) is 5.82 Å². The zero-order valence-corrected chi connectivity index (χ0v) is 17.1. The Morgan fingerprint density at radius 1 is 1.10 bits per heavy atom. The lowest BCUT2D eigenvalue weighted by Crippen LogP contribution is -2.32. The molecule has 3 rings (SSSR count). The van der Waals surface area contributed by atoms with Crippen LogP contribution in [0.1, 0.15) is 33.1 Å². The molecule has 0 atom stereocenters. The molecule has 0 aliphatic rings. The van der Waals surface area contributed by atoms with Crippen molar-refractivity contribution in [1.29, 1.82) is 0 Å². The van der Waals surface area contributed by atoms with E-state index in [4.69, 9.17) is 9.26 Å². The molecule has 0 fully saturated rings. The van der Waals surface area contributed by atoms with E-state index in [0.717, 1.165) is 11.3 Å². The Hall–Kier alpha value is -3.68. The van der Waals surface area contributed by atoms with Crippen molar-refractivity contribution in [2.45, 2.75) is 27.2 Å². The van der Waals surface area contributed by atoms with Gasteiger partial charge in [-0.15, -0.1) is 0 Å². The molecule has 0 radical (unpaired) electrons. The second kappa shape index (κ2) is 9.21. The zero-order chi connectivity index (χ0) is 21.7. The molecule has 0 bridgehead atoms. The van der Waals surface area contributed by atoms with Crippen molar-refractivity contribution in [2.24, 2.45) is 0 Å². The maximum atomic E-state index is 12.5. The Bertz CT molecular complexity index is 1070. The number of ketones is 1. The minimum atomic E-state index is -0.675. The normalized spacial score (nSPS) is 10.6. The van der Waals surface area contributed by atoms with Gasteiger partial charge < -0.3 is 14.6 Å². The van der Waals surface area contributed by atoms with E-state index in [2.05, 4.69) is 10.5 Å². The van der Waals surface area contributed by atoms with E-state index in [0.29, 0.717) is 22.8 Å². The summed E-state index contributed by atoms with van der Waals surface area (Å²) in [6.07, 6.45) is 0.167. The van der Waals surface area contributed by atoms with Gasteiger partial charge in [0.25, 0.3) is 0 Å². The van der Waals surface area contributed by atoms with E-state index in [1.807, 2.05) is 37.3 Å². The molecular weight excluding hydrogens is 386 g/mol. The van der Waals surface area contributed by atoms with Crippen molar-refractivity contribution in [3.05, 3.63) is 70.7 Å². The van der Waals surface area contributed by atoms with Gasteiger partial charge in [-0.1, -0.05) is 35.5 Å². The van der Waals surface area contributed by atoms with Crippen LogP contribution in [0.4, 0.5) is 0 Å². The van der Waals surface area contributed by atoms with E-state index in [1.54, 1.807) is 30.5 Å². The summed E-state index contributed by atoms with van der Waals surface area (Å²) in [5.41, 5.74) is 2.77. The van der Waals surface area contributed by atoms with E-state index < -0.39 is 12.6 Å². The standard InChI is InChI=1S/C22H23N3O5/c1-14-9-18(16(3)25(14)20-10-15(2)30-24-20)19(26)13-29-22(28)12-23-21(27)11-17-7-5-4-6-8-17/h4-10H,11-13H2,1-3H3,(H,23,27). The summed E-state index contributed by atoms with van der Waals surface area (Å²) in [5.74, 6) is -0.0616. The van der Waals surface area contributed by atoms with E-state index >= 15 is 0 Å². The molecule has 0 saturated heterocycles. The minimum absolute atomic E-state index is 0.167. The highest BCUT2D eigenvalue weighted by Crippen LogP contribution is 2.21. The number of nitrogens with zero attached hydrogens (tertiary/aromatic N) is 2. The number of carbonyl (C=O) groups is 3. The van der Waals surface area contributed by atoms with Crippen molar-refractivity contribution >= 4 is 17.7 Å². The molecule has 8 heteroatoms. The van der Waals surface area contributed by atoms with E-state index in [1.165, 1.54) is 0 Å². The second-order valence-corrected chi connectivity index (χ2v) is 6.94. The lowest BCUT2D eigenvalue weighted by Gasteiger charge is -2.07. The number of benzene rings is 1. The zero-order valence-electron chi connectivity index (χ0n) is 17.1. The van der Waals surface area contributed by atoms with Crippen LogP contribution in [0.3, 0.4) is 0 Å². The average molecular weight is 409 g/mol. The van der Waals surface area contributed by atoms with Crippen LogP contribution in [-0.4, -0.2) is 40.5 Å². The first-order valence-electron chi connectivity index (χ1n) is 9.47. The number of rotatable bonds is 8. The monoisotopic (exact) mass is 409 g/mol. The summed E-state index contributed by atoms with van der Waals surface area (Å²) in [4.78, 5) is 36.3. The maximum absolute atomic E-state index is 12.5. The third-order valence-corrected chi connectivity index (χ3v) is 4.58. The summed E-state index contributed by atoms with van der Waals surface area (Å²) in [6, 6.07) is 12.7. The van der Waals surface area contributed by atoms with Crippen molar-refractivity contribution in [1.82, 2.24) is 15.0 Å². The molecule has 0 aliphatic heterocycles. The molecule has 3 aromatic rings. The number of esters is 1. The molecule has 2 heterocycles. The topological polar surface area (TPSA) is 103 Å². The number of carbonyl (C=O) groups excluding carboxylic acids is 3. The van der Waals surface area contributed by atoms with Crippen LogP contribution in [-0.2, 0) is 20.7 Å². The SMILES string of the molecule is Cc1cc(-n2c(C)cc(C(=O)COC(=O)CNC(=O)Cc3ccccc3)c2C)no1. The van der Waals surface area contributed by atoms with E-state index in [-0.39, 0.29) is 24.7 Å². The van der Waals surface area contributed by atoms with Gasteiger partial charge in [0, 0.05) is 23.0 Å². The summed E-state index contributed by atoms with van der Waals surface area (Å²) < 4.78 is 11.9. The van der Waals surface area contributed by atoms with Gasteiger partial charge in [-0.25, -0.2) is 0 Å². The summed E-state index contributed by atoms with van der Waals surface area (Å²) in [5, 5.41) is 6.47. The number of Topliss-reactive ketones (excluding diaryl/α,β-unsaturated/α-hetero) is 1. The molecule has 0 aliphatic carbocycles. The van der Waals surface area contributed by atoms with Gasteiger partial charge in [-0.05, 0) is 32.4 Å². The van der Waals surface area contributed by atoms with Gasteiger partial charge in [0.1, 0.15) is 12.3 Å². The Morgan fingerprint density at radius 3 is 2.50 bits per heavy atom. The number of hydrogen-bond acceptors (Lipinski definition) is 6. The van der Waals surface area contributed by atoms with Crippen LogP contribution in [0.15, 0.2) is 47.0 Å². The third-order valence-electron chi connectivity index (χ3n) is 4.58. The smallest absolute Gasteiger partial charge is 0.325 e. The second-order valence-electron chi connectivity index (χ2n) is 6.94. The Morgan fingerprint density at radius 2 is 1.83 bits per heavy atom. The molecular formula is C22H23N3O5. The number of nitrogens with one attached hydrogen (secondary N) is 1. The number of ether oxygens (including phenoxy) is 1. The minimum Gasteiger partial charge on any atom is -0.456 e. The molecule has 0 unspecified atom stereocenters. The summed E-state index contributed by atoms with van der Waals surface area (Å²) >= 11 is 0. The third kappa shape index (κ3) is 5.02. The Kier molecular flexibility index (Phi) is 6.46. The lowest BCUT2D eigenvalue weighted by molar-refractivity contribution is -0.142. The Balaban J connectivity index is 1.52. The molecule has 30 heavy (non-hydrogen) atoms. The quantitative estimate of drug-likeness (QED) is 0.453. The molecule has 0 spiro atoms. The lowest BCUT2D eigenvalue weighted by atomic mass is 10.1. The number of aryl methyl sites for hydroxylation is 2. The highest BCUT2D eigenvalue weighted by Gasteiger charge is 2.19. The van der Waals surface area contributed by atoms with Crippen molar-refractivity contribution in [2.75, 3.05) is 13.2 Å². The van der Waals surface area contributed by atoms with Crippen LogP contribution in [0.5, 0.6) is 0 Å². The molecule has 1 amide bonds. The fraction of sp³-hybridized carbons (Fsp3) is 0.273. The highest BCUT2D eigenvalue weighted by atomic mass is 16.5. The van der Waals surface area contributed by atoms with Crippen molar-refractivity contribution in [3.63, 3.8) is 0 Å². The van der Waals surface area contributed by atoms with Crippen LogP contribution >= 0.6 is 0 Å². The maximum Gasteiger partial charge on any atom is 0.325 e. The predicted octanol–water partition coefficient (Wildman–Crippen LogP) is 2.48. The van der Waals surface area contributed by atoms with Crippen LogP contribution in [0, 0.1) is 20.8 Å². The fourth-order valence-electron chi connectivity index (χ4n) is 3.15. The summed E-state index contributed by atoms with van der Waals surface area (Å²) in [7, 11) is 0.